The molecule has 21 heavy (non-hydrogen) atoms. The number of hydrogen-bond donors (Lipinski definition) is 3. The first-order valence-corrected chi connectivity index (χ1v) is 7.33. The molecule has 1 aliphatic rings. The van der Waals surface area contributed by atoms with E-state index in [1.54, 1.807) is 20.0 Å². The highest BCUT2D eigenvalue weighted by atomic mass is 16.5. The first-order valence-electron chi connectivity index (χ1n) is 7.33. The number of hydrogen-bond acceptors (Lipinski definition) is 4. The molecule has 0 bridgehead atoms. The number of nitrogens with one attached hydrogen (secondary N) is 2. The van der Waals surface area contributed by atoms with Gasteiger partial charge in [0, 0.05) is 26.1 Å². The minimum Gasteiger partial charge on any atom is -0.463 e. The van der Waals surface area contributed by atoms with Crippen LogP contribution in [0.1, 0.15) is 24.9 Å². The summed E-state index contributed by atoms with van der Waals surface area (Å²) in [5.41, 5.74) is -1.08. The van der Waals surface area contributed by atoms with Gasteiger partial charge in [-0.05, 0) is 32.4 Å². The smallest absolute Gasteiger partial charge is 0.191 e. The first kappa shape index (κ1) is 15.9. The Kier molecular flexibility index (Phi) is 5.25. The molecule has 3 N–H and O–H groups in total. The minimum absolute atomic E-state index is 0.320. The molecule has 0 spiro atoms. The summed E-state index contributed by atoms with van der Waals surface area (Å²) >= 11 is 0. The monoisotopic (exact) mass is 295 g/mol. The van der Waals surface area contributed by atoms with Crippen molar-refractivity contribution in [2.24, 2.45) is 10.9 Å². The fraction of sp³-hybridized carbons (Fsp3) is 0.667. The van der Waals surface area contributed by atoms with Crippen molar-refractivity contribution in [1.82, 2.24) is 10.6 Å². The number of aliphatic imine (C=N–C) groups is 1. The minimum atomic E-state index is -1.08. The van der Waals surface area contributed by atoms with Crippen molar-refractivity contribution >= 4 is 5.96 Å². The van der Waals surface area contributed by atoms with Gasteiger partial charge in [0.15, 0.2) is 5.96 Å². The lowest BCUT2D eigenvalue weighted by Crippen LogP contribution is -2.45. The number of aryl methyl sites for hydroxylation is 1. The van der Waals surface area contributed by atoms with Crippen LogP contribution in [0.25, 0.3) is 0 Å². The maximum atomic E-state index is 10.5. The summed E-state index contributed by atoms with van der Waals surface area (Å²) in [6.07, 6.45) is 1.08. The Morgan fingerprint density at radius 2 is 2.29 bits per heavy atom. The van der Waals surface area contributed by atoms with E-state index in [1.807, 2.05) is 13.0 Å². The molecule has 0 aromatic carbocycles. The largest absolute Gasteiger partial charge is 0.463 e. The van der Waals surface area contributed by atoms with Crippen LogP contribution < -0.4 is 10.6 Å². The lowest BCUT2D eigenvalue weighted by atomic mass is 10.0. The summed E-state index contributed by atoms with van der Waals surface area (Å²) in [7, 11) is 1.71. The molecular weight excluding hydrogens is 270 g/mol. The van der Waals surface area contributed by atoms with Crippen LogP contribution in [0.5, 0.6) is 0 Å². The van der Waals surface area contributed by atoms with E-state index in [0.29, 0.717) is 24.2 Å². The van der Waals surface area contributed by atoms with Crippen molar-refractivity contribution in [2.75, 3.05) is 33.4 Å². The van der Waals surface area contributed by atoms with E-state index in [9.17, 15) is 5.11 Å². The predicted molar refractivity (Wildman–Crippen MR) is 81.3 cm³/mol. The number of guanidine groups is 1. The Labute approximate surface area is 125 Å². The summed E-state index contributed by atoms with van der Waals surface area (Å²) in [6.45, 7) is 6.36. The average Bonchev–Trinajstić information content (AvgIpc) is 3.10. The number of ether oxygens (including phenoxy) is 1. The van der Waals surface area contributed by atoms with Gasteiger partial charge >= 0.3 is 0 Å². The Bertz CT molecular complexity index is 476. The van der Waals surface area contributed by atoms with E-state index in [-0.39, 0.29) is 0 Å². The molecule has 1 fully saturated rings. The van der Waals surface area contributed by atoms with Crippen molar-refractivity contribution in [2.45, 2.75) is 25.9 Å². The van der Waals surface area contributed by atoms with E-state index in [2.05, 4.69) is 15.6 Å². The van der Waals surface area contributed by atoms with Gasteiger partial charge in [0.1, 0.15) is 17.1 Å². The van der Waals surface area contributed by atoms with Crippen LogP contribution in [0.3, 0.4) is 0 Å². The highest BCUT2D eigenvalue weighted by molar-refractivity contribution is 5.79. The van der Waals surface area contributed by atoms with Gasteiger partial charge in [-0.2, -0.15) is 0 Å². The van der Waals surface area contributed by atoms with Gasteiger partial charge in [0.05, 0.1) is 13.2 Å². The number of aliphatic hydroxyl groups is 1. The molecule has 6 nitrogen and oxygen atoms in total. The molecule has 2 rings (SSSR count). The molecule has 2 heterocycles. The van der Waals surface area contributed by atoms with Crippen LogP contribution in [0.2, 0.25) is 0 Å². The van der Waals surface area contributed by atoms with Crippen molar-refractivity contribution in [3.8, 4) is 0 Å². The van der Waals surface area contributed by atoms with Crippen LogP contribution in [0, 0.1) is 12.8 Å². The number of rotatable bonds is 5. The van der Waals surface area contributed by atoms with Gasteiger partial charge in [0.25, 0.3) is 0 Å². The Hall–Kier alpha value is -1.53. The molecule has 0 saturated carbocycles. The molecule has 6 heteroatoms. The Morgan fingerprint density at radius 1 is 1.48 bits per heavy atom. The third-order valence-electron chi connectivity index (χ3n) is 3.68. The summed E-state index contributed by atoms with van der Waals surface area (Å²) in [6, 6.07) is 3.64. The second-order valence-corrected chi connectivity index (χ2v) is 5.72. The highest BCUT2D eigenvalue weighted by Crippen LogP contribution is 2.21. The average molecular weight is 295 g/mol. The predicted octanol–water partition coefficient (Wildman–Crippen LogP) is 0.997. The summed E-state index contributed by atoms with van der Waals surface area (Å²) in [5.74, 6) is 2.53. The van der Waals surface area contributed by atoms with Crippen molar-refractivity contribution in [1.29, 1.82) is 0 Å². The second-order valence-electron chi connectivity index (χ2n) is 5.72. The maximum Gasteiger partial charge on any atom is 0.191 e. The lowest BCUT2D eigenvalue weighted by molar-refractivity contribution is 0.0378. The highest BCUT2D eigenvalue weighted by Gasteiger charge is 2.27. The van der Waals surface area contributed by atoms with Gasteiger partial charge < -0.3 is 24.9 Å². The fourth-order valence-electron chi connectivity index (χ4n) is 2.27. The second kappa shape index (κ2) is 6.95. The van der Waals surface area contributed by atoms with E-state index in [1.165, 1.54) is 0 Å². The van der Waals surface area contributed by atoms with E-state index < -0.39 is 5.60 Å². The standard InChI is InChI=1S/C15H25N3O3/c1-11-4-5-13(21-11)15(2,19)10-18-14(16-3)17-8-12-6-7-20-9-12/h4-5,12,19H,6-10H2,1-3H3,(H2,16,17,18). The molecule has 1 aromatic heterocycles. The third kappa shape index (κ3) is 4.47. The molecule has 0 amide bonds. The zero-order valence-corrected chi connectivity index (χ0v) is 13.0. The Morgan fingerprint density at radius 3 is 2.86 bits per heavy atom. The van der Waals surface area contributed by atoms with Crippen molar-refractivity contribution < 1.29 is 14.3 Å². The zero-order chi connectivity index (χ0) is 15.3. The van der Waals surface area contributed by atoms with Gasteiger partial charge in [-0.25, -0.2) is 0 Å². The van der Waals surface area contributed by atoms with Crippen LogP contribution in [0.15, 0.2) is 21.5 Å². The van der Waals surface area contributed by atoms with Crippen molar-refractivity contribution in [3.05, 3.63) is 23.7 Å². The van der Waals surface area contributed by atoms with E-state index in [4.69, 9.17) is 9.15 Å². The van der Waals surface area contributed by atoms with Crippen LogP contribution in [-0.2, 0) is 10.3 Å². The molecule has 1 aliphatic heterocycles. The molecular formula is C15H25N3O3. The molecule has 118 valence electrons. The molecule has 2 unspecified atom stereocenters. The maximum absolute atomic E-state index is 10.5. The third-order valence-corrected chi connectivity index (χ3v) is 3.68. The number of furan rings is 1. The van der Waals surface area contributed by atoms with Gasteiger partial charge in [-0.1, -0.05) is 0 Å². The van der Waals surface area contributed by atoms with Gasteiger partial charge in [-0.3, -0.25) is 4.99 Å². The van der Waals surface area contributed by atoms with Gasteiger partial charge in [0.2, 0.25) is 0 Å². The first-order chi connectivity index (χ1) is 10.0. The topological polar surface area (TPSA) is 79.0 Å². The molecule has 1 saturated heterocycles. The Balaban J connectivity index is 1.81. The van der Waals surface area contributed by atoms with E-state index >= 15 is 0 Å². The summed E-state index contributed by atoms with van der Waals surface area (Å²) in [5, 5.41) is 16.9. The SMILES string of the molecule is CN=C(NCC1CCOC1)NCC(C)(O)c1ccc(C)o1. The summed E-state index contributed by atoms with van der Waals surface area (Å²) in [4.78, 5) is 4.16. The quantitative estimate of drug-likeness (QED) is 0.558. The fourth-order valence-corrected chi connectivity index (χ4v) is 2.27. The van der Waals surface area contributed by atoms with Crippen LogP contribution in [-0.4, -0.2) is 44.4 Å². The molecule has 2 atom stereocenters. The lowest BCUT2D eigenvalue weighted by Gasteiger charge is -2.23. The normalized spacial score (nSPS) is 22.1. The van der Waals surface area contributed by atoms with Crippen LogP contribution in [0.4, 0.5) is 0 Å². The molecule has 1 aromatic rings. The summed E-state index contributed by atoms with van der Waals surface area (Å²) < 4.78 is 10.8. The van der Waals surface area contributed by atoms with Crippen molar-refractivity contribution in [3.63, 3.8) is 0 Å². The molecule has 0 radical (unpaired) electrons. The number of nitrogens with zero attached hydrogens (tertiary/aromatic N) is 1. The molecule has 0 aliphatic carbocycles. The van der Waals surface area contributed by atoms with Gasteiger partial charge in [-0.15, -0.1) is 0 Å². The van der Waals surface area contributed by atoms with Crippen LogP contribution >= 0.6 is 0 Å². The zero-order valence-electron chi connectivity index (χ0n) is 13.0. The van der Waals surface area contributed by atoms with E-state index in [0.717, 1.165) is 31.9 Å².